The fourth-order valence-electron chi connectivity index (χ4n) is 1.39. The molecule has 5 nitrogen and oxygen atoms in total. The largest absolute Gasteiger partial charge is 0.465 e. The van der Waals surface area contributed by atoms with Gasteiger partial charge in [-0.3, -0.25) is 14.6 Å². The van der Waals surface area contributed by atoms with Gasteiger partial charge in [0.05, 0.1) is 26.1 Å². The summed E-state index contributed by atoms with van der Waals surface area (Å²) in [5, 5.41) is 0. The highest BCUT2D eigenvalue weighted by atomic mass is 16.5. The molecular formula is C14H25NO4. The van der Waals surface area contributed by atoms with Gasteiger partial charge in [-0.15, -0.1) is 0 Å². The van der Waals surface area contributed by atoms with Crippen molar-refractivity contribution in [1.29, 1.82) is 0 Å². The molecule has 0 spiro atoms. The fourth-order valence-corrected chi connectivity index (χ4v) is 1.39. The molecule has 0 aliphatic rings. The predicted octanol–water partition coefficient (Wildman–Crippen LogP) is 2.52. The quantitative estimate of drug-likeness (QED) is 0.477. The number of hydrogen-bond acceptors (Lipinski definition) is 5. The highest BCUT2D eigenvalue weighted by Crippen LogP contribution is 2.03. The van der Waals surface area contributed by atoms with Gasteiger partial charge in [0, 0.05) is 11.8 Å². The zero-order valence-electron chi connectivity index (χ0n) is 12.4. The number of nitrogens with zero attached hydrogens (tertiary/aromatic N) is 1. The highest BCUT2D eigenvalue weighted by Gasteiger charge is 2.14. The molecule has 0 rings (SSSR count). The summed E-state index contributed by atoms with van der Waals surface area (Å²) in [6.07, 6.45) is 1.67. The monoisotopic (exact) mass is 271 g/mol. The fraction of sp³-hybridized carbons (Fsp3) is 0.786. The minimum absolute atomic E-state index is 0.0351. The van der Waals surface area contributed by atoms with Gasteiger partial charge in [-0.05, 0) is 26.7 Å². The first-order valence-electron chi connectivity index (χ1n) is 6.86. The zero-order valence-corrected chi connectivity index (χ0v) is 12.4. The molecule has 0 heterocycles. The number of hydrogen-bond donors (Lipinski definition) is 0. The van der Waals surface area contributed by atoms with Crippen LogP contribution in [0.5, 0.6) is 0 Å². The van der Waals surface area contributed by atoms with E-state index in [1.165, 1.54) is 0 Å². The van der Waals surface area contributed by atoms with E-state index in [4.69, 9.17) is 9.47 Å². The topological polar surface area (TPSA) is 65.0 Å². The van der Waals surface area contributed by atoms with Crippen molar-refractivity contribution < 1.29 is 19.1 Å². The SMILES string of the molecule is CCCOC(=O)CC(CC(=O)OCCC)=NC(C)C. The maximum Gasteiger partial charge on any atom is 0.311 e. The van der Waals surface area contributed by atoms with Crippen molar-refractivity contribution in [2.45, 2.75) is 59.4 Å². The molecule has 0 amide bonds. The van der Waals surface area contributed by atoms with E-state index in [0.29, 0.717) is 18.9 Å². The number of ether oxygens (including phenoxy) is 2. The Labute approximate surface area is 115 Å². The molecule has 0 unspecified atom stereocenters. The summed E-state index contributed by atoms with van der Waals surface area (Å²) in [4.78, 5) is 27.4. The average Bonchev–Trinajstić information content (AvgIpc) is 2.32. The third-order valence-electron chi connectivity index (χ3n) is 2.07. The molecule has 0 radical (unpaired) electrons. The van der Waals surface area contributed by atoms with Gasteiger partial charge in [-0.1, -0.05) is 13.8 Å². The minimum Gasteiger partial charge on any atom is -0.465 e. The molecule has 0 aromatic carbocycles. The van der Waals surface area contributed by atoms with Gasteiger partial charge in [0.25, 0.3) is 0 Å². The molecule has 0 aromatic rings. The van der Waals surface area contributed by atoms with Gasteiger partial charge in [0.15, 0.2) is 0 Å². The lowest BCUT2D eigenvalue weighted by atomic mass is 10.2. The van der Waals surface area contributed by atoms with Crippen LogP contribution >= 0.6 is 0 Å². The van der Waals surface area contributed by atoms with Crippen LogP contribution < -0.4 is 0 Å². The summed E-state index contributed by atoms with van der Waals surface area (Å²) in [5.74, 6) is -0.686. The van der Waals surface area contributed by atoms with Gasteiger partial charge < -0.3 is 9.47 Å². The van der Waals surface area contributed by atoms with Crippen molar-refractivity contribution in [2.24, 2.45) is 4.99 Å². The van der Waals surface area contributed by atoms with Gasteiger partial charge >= 0.3 is 11.9 Å². The number of carbonyl (C=O) groups excluding carboxylic acids is 2. The zero-order chi connectivity index (χ0) is 14.7. The molecule has 0 aliphatic heterocycles. The highest BCUT2D eigenvalue weighted by molar-refractivity contribution is 6.06. The third kappa shape index (κ3) is 10.2. The van der Waals surface area contributed by atoms with Crippen molar-refractivity contribution in [3.05, 3.63) is 0 Å². The van der Waals surface area contributed by atoms with E-state index < -0.39 is 0 Å². The maximum absolute atomic E-state index is 11.5. The van der Waals surface area contributed by atoms with Crippen LogP contribution in [0.2, 0.25) is 0 Å². The van der Waals surface area contributed by atoms with Crippen LogP contribution in [0.4, 0.5) is 0 Å². The Kier molecular flexibility index (Phi) is 9.75. The van der Waals surface area contributed by atoms with Crippen LogP contribution in [0.15, 0.2) is 4.99 Å². The van der Waals surface area contributed by atoms with E-state index in [9.17, 15) is 9.59 Å². The standard InChI is InChI=1S/C14H25NO4/c1-5-7-18-13(16)9-12(15-11(3)4)10-14(17)19-8-6-2/h11H,5-10H2,1-4H3. The first-order chi connectivity index (χ1) is 8.99. The second-order valence-electron chi connectivity index (χ2n) is 4.58. The number of carbonyl (C=O) groups is 2. The molecule has 0 atom stereocenters. The van der Waals surface area contributed by atoms with Crippen LogP contribution in [0, 0.1) is 0 Å². The average molecular weight is 271 g/mol. The Balaban J connectivity index is 4.39. The van der Waals surface area contributed by atoms with Gasteiger partial charge in [0.2, 0.25) is 0 Å². The predicted molar refractivity (Wildman–Crippen MR) is 74.3 cm³/mol. The normalized spacial score (nSPS) is 10.2. The molecule has 19 heavy (non-hydrogen) atoms. The smallest absolute Gasteiger partial charge is 0.311 e. The number of rotatable bonds is 9. The molecule has 0 saturated heterocycles. The van der Waals surface area contributed by atoms with E-state index in [1.54, 1.807) is 0 Å². The molecule has 0 bridgehead atoms. The lowest BCUT2D eigenvalue weighted by Gasteiger charge is -2.09. The number of aliphatic imine (C=N–C) groups is 1. The third-order valence-corrected chi connectivity index (χ3v) is 2.07. The second kappa shape index (κ2) is 10.5. The first kappa shape index (κ1) is 17.6. The van der Waals surface area contributed by atoms with Gasteiger partial charge in [0.1, 0.15) is 0 Å². The summed E-state index contributed by atoms with van der Waals surface area (Å²) in [7, 11) is 0. The summed E-state index contributed by atoms with van der Waals surface area (Å²) in [6.45, 7) is 8.45. The van der Waals surface area contributed by atoms with Crippen LogP contribution in [-0.2, 0) is 19.1 Å². The Morgan fingerprint density at radius 2 is 1.37 bits per heavy atom. The molecule has 0 aliphatic carbocycles. The van der Waals surface area contributed by atoms with Crippen LogP contribution in [0.25, 0.3) is 0 Å². The summed E-state index contributed by atoms with van der Waals surface area (Å²) >= 11 is 0. The maximum atomic E-state index is 11.5. The Morgan fingerprint density at radius 1 is 0.947 bits per heavy atom. The van der Waals surface area contributed by atoms with E-state index in [2.05, 4.69) is 4.99 Å². The molecule has 0 aromatic heterocycles. The van der Waals surface area contributed by atoms with Crippen LogP contribution in [0.3, 0.4) is 0 Å². The van der Waals surface area contributed by atoms with Crippen LogP contribution in [0.1, 0.15) is 53.4 Å². The molecular weight excluding hydrogens is 246 g/mol. The minimum atomic E-state index is -0.343. The molecule has 0 fully saturated rings. The van der Waals surface area contributed by atoms with Crippen molar-refractivity contribution in [2.75, 3.05) is 13.2 Å². The van der Waals surface area contributed by atoms with Gasteiger partial charge in [-0.25, -0.2) is 0 Å². The van der Waals surface area contributed by atoms with Crippen molar-refractivity contribution >= 4 is 17.7 Å². The van der Waals surface area contributed by atoms with Crippen molar-refractivity contribution in [3.8, 4) is 0 Å². The van der Waals surface area contributed by atoms with E-state index in [-0.39, 0.29) is 30.8 Å². The van der Waals surface area contributed by atoms with Gasteiger partial charge in [-0.2, -0.15) is 0 Å². The summed E-state index contributed by atoms with van der Waals surface area (Å²) < 4.78 is 9.99. The Morgan fingerprint density at radius 3 is 1.68 bits per heavy atom. The van der Waals surface area contributed by atoms with E-state index in [0.717, 1.165) is 12.8 Å². The molecule has 0 saturated carbocycles. The van der Waals surface area contributed by atoms with E-state index in [1.807, 2.05) is 27.7 Å². The Bertz CT molecular complexity index is 287. The van der Waals surface area contributed by atoms with Crippen LogP contribution in [-0.4, -0.2) is 36.9 Å². The second-order valence-corrected chi connectivity index (χ2v) is 4.58. The van der Waals surface area contributed by atoms with E-state index >= 15 is 0 Å². The van der Waals surface area contributed by atoms with Crippen molar-refractivity contribution in [3.63, 3.8) is 0 Å². The molecule has 110 valence electrons. The Hall–Kier alpha value is -1.39. The number of esters is 2. The summed E-state index contributed by atoms with van der Waals surface area (Å²) in [5.41, 5.74) is 0.525. The lowest BCUT2D eigenvalue weighted by molar-refractivity contribution is -0.142. The molecule has 0 N–H and O–H groups in total. The molecule has 5 heteroatoms. The summed E-state index contributed by atoms with van der Waals surface area (Å²) in [6, 6.07) is 0.0351. The first-order valence-corrected chi connectivity index (χ1v) is 6.86. The lowest BCUT2D eigenvalue weighted by Crippen LogP contribution is -2.18. The van der Waals surface area contributed by atoms with Crippen molar-refractivity contribution in [1.82, 2.24) is 0 Å².